The maximum Gasteiger partial charge on any atom is 0.347 e. The lowest BCUT2D eigenvalue weighted by molar-refractivity contribution is -0.153. The quantitative estimate of drug-likeness (QED) is 0.146. The highest BCUT2D eigenvalue weighted by molar-refractivity contribution is 5.96. The number of aliphatic hydroxyl groups excluding tert-OH is 1. The van der Waals surface area contributed by atoms with Crippen molar-refractivity contribution in [2.45, 2.75) is 72.0 Å². The summed E-state index contributed by atoms with van der Waals surface area (Å²) < 4.78 is 15.2. The van der Waals surface area contributed by atoms with Crippen LogP contribution in [-0.4, -0.2) is 54.2 Å². The zero-order valence-electron chi connectivity index (χ0n) is 19.8. The van der Waals surface area contributed by atoms with Gasteiger partial charge < -0.3 is 19.3 Å². The number of esters is 3. The van der Waals surface area contributed by atoms with Gasteiger partial charge in [-0.1, -0.05) is 23.8 Å². The SMILES string of the molecule is CC(=O)c1ccc(C(=O)OC(C)C(=O)OCCCC(C)=CCCCCOC(=O)C(C)O)cc1. The van der Waals surface area contributed by atoms with Crippen LogP contribution in [0, 0.1) is 0 Å². The first kappa shape index (κ1) is 28.0. The van der Waals surface area contributed by atoms with E-state index in [4.69, 9.17) is 19.3 Å². The van der Waals surface area contributed by atoms with Crippen LogP contribution in [-0.2, 0) is 23.8 Å². The minimum absolute atomic E-state index is 0.104. The van der Waals surface area contributed by atoms with Gasteiger partial charge in [-0.05, 0) is 71.9 Å². The van der Waals surface area contributed by atoms with E-state index in [9.17, 15) is 19.2 Å². The van der Waals surface area contributed by atoms with Crippen molar-refractivity contribution in [2.24, 2.45) is 0 Å². The summed E-state index contributed by atoms with van der Waals surface area (Å²) in [5, 5.41) is 9.03. The fourth-order valence-electron chi connectivity index (χ4n) is 2.75. The average molecular weight is 463 g/mol. The number of carbonyl (C=O) groups excluding carboxylic acids is 4. The van der Waals surface area contributed by atoms with Crippen LogP contribution in [0.5, 0.6) is 0 Å². The molecule has 0 heterocycles. The van der Waals surface area contributed by atoms with E-state index in [0.717, 1.165) is 25.7 Å². The summed E-state index contributed by atoms with van der Waals surface area (Å²) in [4.78, 5) is 46.6. The molecular weight excluding hydrogens is 428 g/mol. The highest BCUT2D eigenvalue weighted by Crippen LogP contribution is 2.10. The third kappa shape index (κ3) is 11.4. The fraction of sp³-hybridized carbons (Fsp3) is 0.520. The molecule has 1 aromatic carbocycles. The van der Waals surface area contributed by atoms with Crippen molar-refractivity contribution >= 4 is 23.7 Å². The van der Waals surface area contributed by atoms with Crippen molar-refractivity contribution in [1.29, 1.82) is 0 Å². The Kier molecular flexibility index (Phi) is 12.7. The van der Waals surface area contributed by atoms with Crippen LogP contribution in [0.25, 0.3) is 0 Å². The monoisotopic (exact) mass is 462 g/mol. The summed E-state index contributed by atoms with van der Waals surface area (Å²) in [5.74, 6) is -1.98. The molecule has 0 saturated carbocycles. The van der Waals surface area contributed by atoms with Gasteiger partial charge in [-0.25, -0.2) is 14.4 Å². The van der Waals surface area contributed by atoms with E-state index in [1.54, 1.807) is 0 Å². The van der Waals surface area contributed by atoms with E-state index >= 15 is 0 Å². The van der Waals surface area contributed by atoms with Gasteiger partial charge in [0.2, 0.25) is 0 Å². The van der Waals surface area contributed by atoms with Crippen LogP contribution < -0.4 is 0 Å². The van der Waals surface area contributed by atoms with Gasteiger partial charge in [-0.15, -0.1) is 0 Å². The Bertz CT molecular complexity index is 823. The molecule has 33 heavy (non-hydrogen) atoms. The second kappa shape index (κ2) is 14.9. The van der Waals surface area contributed by atoms with E-state index < -0.39 is 30.1 Å². The number of hydrogen-bond donors (Lipinski definition) is 1. The number of aliphatic hydroxyl groups is 1. The molecule has 0 aromatic heterocycles. The average Bonchev–Trinajstić information content (AvgIpc) is 2.78. The molecule has 8 heteroatoms. The Balaban J connectivity index is 2.22. The second-order valence-electron chi connectivity index (χ2n) is 7.84. The number of hydrogen-bond acceptors (Lipinski definition) is 8. The Labute approximate surface area is 194 Å². The number of rotatable bonds is 14. The third-order valence-corrected chi connectivity index (χ3v) is 4.78. The number of ether oxygens (including phenoxy) is 3. The van der Waals surface area contributed by atoms with Crippen molar-refractivity contribution in [3.8, 4) is 0 Å². The van der Waals surface area contributed by atoms with Gasteiger partial charge in [0.05, 0.1) is 18.8 Å². The molecular formula is C25H34O8. The maximum absolute atomic E-state index is 12.1. The molecule has 1 N–H and O–H groups in total. The van der Waals surface area contributed by atoms with Crippen LogP contribution in [0.2, 0.25) is 0 Å². The molecule has 0 saturated heterocycles. The third-order valence-electron chi connectivity index (χ3n) is 4.78. The zero-order chi connectivity index (χ0) is 24.8. The van der Waals surface area contributed by atoms with Crippen molar-refractivity contribution in [2.75, 3.05) is 13.2 Å². The predicted octanol–water partition coefficient (Wildman–Crippen LogP) is 3.80. The number of benzene rings is 1. The number of ketones is 1. The largest absolute Gasteiger partial charge is 0.464 e. The summed E-state index contributed by atoms with van der Waals surface area (Å²) in [6.45, 7) is 6.76. The van der Waals surface area contributed by atoms with Gasteiger partial charge >= 0.3 is 17.9 Å². The Morgan fingerprint density at radius 3 is 2.06 bits per heavy atom. The molecule has 2 unspecified atom stereocenters. The van der Waals surface area contributed by atoms with Gasteiger partial charge in [-0.2, -0.15) is 0 Å². The lowest BCUT2D eigenvalue weighted by Crippen LogP contribution is -2.26. The molecule has 0 fully saturated rings. The Hall–Kier alpha value is -3.00. The van der Waals surface area contributed by atoms with Crippen molar-refractivity contribution < 1.29 is 38.5 Å². The molecule has 0 aliphatic carbocycles. The van der Waals surface area contributed by atoms with Gasteiger partial charge in [-0.3, -0.25) is 4.79 Å². The van der Waals surface area contributed by atoms with Gasteiger partial charge in [0.1, 0.15) is 6.10 Å². The van der Waals surface area contributed by atoms with E-state index in [0.29, 0.717) is 18.6 Å². The fourth-order valence-corrected chi connectivity index (χ4v) is 2.75. The van der Waals surface area contributed by atoms with E-state index in [1.165, 1.54) is 50.6 Å². The minimum Gasteiger partial charge on any atom is -0.464 e. The molecule has 1 rings (SSSR count). The summed E-state index contributed by atoms with van der Waals surface area (Å²) in [6, 6.07) is 6.02. The maximum atomic E-state index is 12.1. The molecule has 0 bridgehead atoms. The van der Waals surface area contributed by atoms with Crippen LogP contribution in [0.4, 0.5) is 0 Å². The summed E-state index contributed by atoms with van der Waals surface area (Å²) >= 11 is 0. The molecule has 182 valence electrons. The zero-order valence-corrected chi connectivity index (χ0v) is 19.8. The van der Waals surface area contributed by atoms with Crippen molar-refractivity contribution in [3.05, 3.63) is 47.0 Å². The normalized spacial score (nSPS) is 13.1. The summed E-state index contributed by atoms with van der Waals surface area (Å²) in [6.07, 6.45) is 3.80. The van der Waals surface area contributed by atoms with Crippen molar-refractivity contribution in [1.82, 2.24) is 0 Å². The lowest BCUT2D eigenvalue weighted by Gasteiger charge is -2.13. The Morgan fingerprint density at radius 1 is 0.879 bits per heavy atom. The van der Waals surface area contributed by atoms with Crippen molar-refractivity contribution in [3.63, 3.8) is 0 Å². The smallest absolute Gasteiger partial charge is 0.347 e. The first-order chi connectivity index (χ1) is 15.6. The minimum atomic E-state index is -1.10. The number of allylic oxidation sites excluding steroid dienone is 2. The number of Topliss-reactive ketones (excluding diaryl/α,β-unsaturated/α-hetero) is 1. The highest BCUT2D eigenvalue weighted by atomic mass is 16.6. The van der Waals surface area contributed by atoms with Gasteiger partial charge in [0.25, 0.3) is 0 Å². The molecule has 0 radical (unpaired) electrons. The molecule has 2 atom stereocenters. The molecule has 0 amide bonds. The lowest BCUT2D eigenvalue weighted by atomic mass is 10.1. The van der Waals surface area contributed by atoms with Crippen LogP contribution >= 0.6 is 0 Å². The predicted molar refractivity (Wildman–Crippen MR) is 122 cm³/mol. The summed E-state index contributed by atoms with van der Waals surface area (Å²) in [7, 11) is 0. The molecule has 0 aliphatic rings. The standard InChI is InChI=1S/C25H34O8/c1-17(9-6-5-7-15-31-23(28)19(3)27)10-8-16-32-24(29)20(4)33-25(30)22-13-11-21(12-14-22)18(2)26/h9,11-14,19-20,27H,5-8,10,15-16H2,1-4H3. The first-order valence-electron chi connectivity index (χ1n) is 11.1. The van der Waals surface area contributed by atoms with Gasteiger partial charge in [0.15, 0.2) is 11.9 Å². The topological polar surface area (TPSA) is 116 Å². The molecule has 8 nitrogen and oxygen atoms in total. The van der Waals surface area contributed by atoms with Crippen LogP contribution in [0.15, 0.2) is 35.9 Å². The molecule has 0 aliphatic heterocycles. The van der Waals surface area contributed by atoms with E-state index in [2.05, 4.69) is 6.08 Å². The summed E-state index contributed by atoms with van der Waals surface area (Å²) in [5.41, 5.74) is 1.91. The van der Waals surface area contributed by atoms with E-state index in [1.807, 2.05) is 6.92 Å². The molecule has 0 spiro atoms. The highest BCUT2D eigenvalue weighted by Gasteiger charge is 2.20. The number of unbranched alkanes of at least 4 members (excludes halogenated alkanes) is 2. The van der Waals surface area contributed by atoms with E-state index in [-0.39, 0.29) is 18.0 Å². The Morgan fingerprint density at radius 2 is 1.45 bits per heavy atom. The first-order valence-corrected chi connectivity index (χ1v) is 11.1. The number of carbonyl (C=O) groups is 4. The molecule has 1 aromatic rings. The second-order valence-corrected chi connectivity index (χ2v) is 7.84. The van der Waals surface area contributed by atoms with Crippen LogP contribution in [0.3, 0.4) is 0 Å². The van der Waals surface area contributed by atoms with Gasteiger partial charge in [0, 0.05) is 5.56 Å². The van der Waals surface area contributed by atoms with Crippen LogP contribution in [0.1, 0.15) is 80.5 Å².